The molecule has 0 spiro atoms. The molecule has 0 aliphatic rings. The van der Waals surface area contributed by atoms with Crippen molar-refractivity contribution in [3.05, 3.63) is 24.3 Å². The van der Waals surface area contributed by atoms with Gasteiger partial charge in [-0.3, -0.25) is 4.79 Å². The summed E-state index contributed by atoms with van der Waals surface area (Å²) in [6.45, 7) is 6.11. The molecule has 0 saturated heterocycles. The maximum absolute atomic E-state index is 12.1. The van der Waals surface area contributed by atoms with Crippen molar-refractivity contribution in [3.8, 4) is 5.75 Å². The van der Waals surface area contributed by atoms with E-state index in [0.29, 0.717) is 18.2 Å². The molecule has 7 heteroatoms. The summed E-state index contributed by atoms with van der Waals surface area (Å²) in [6, 6.07) is 4.81. The number of carbonyl (C=O) groups excluding carboxylic acids is 1. The summed E-state index contributed by atoms with van der Waals surface area (Å²) >= 11 is 0. The van der Waals surface area contributed by atoms with Gasteiger partial charge in [-0.1, -0.05) is 19.9 Å². The van der Waals surface area contributed by atoms with Crippen molar-refractivity contribution in [2.45, 2.75) is 33.2 Å². The Morgan fingerprint density at radius 1 is 1.29 bits per heavy atom. The smallest absolute Gasteiger partial charge is 0.406 e. The molecule has 0 bridgehead atoms. The van der Waals surface area contributed by atoms with Gasteiger partial charge in [0.25, 0.3) is 0 Å². The summed E-state index contributed by atoms with van der Waals surface area (Å²) in [7, 11) is 0. The van der Waals surface area contributed by atoms with E-state index in [4.69, 9.17) is 0 Å². The number of rotatable bonds is 6. The quantitative estimate of drug-likeness (QED) is 0.849. The van der Waals surface area contributed by atoms with Gasteiger partial charge in [0.2, 0.25) is 5.91 Å². The highest BCUT2D eigenvalue weighted by atomic mass is 19.4. The molecule has 0 aliphatic heterocycles. The Morgan fingerprint density at radius 2 is 1.95 bits per heavy atom. The second-order valence-corrected chi connectivity index (χ2v) is 5.08. The molecule has 1 rings (SSSR count). The average molecular weight is 304 g/mol. The minimum atomic E-state index is -4.74. The van der Waals surface area contributed by atoms with E-state index in [1.165, 1.54) is 18.2 Å². The second kappa shape index (κ2) is 7.19. The van der Waals surface area contributed by atoms with Crippen molar-refractivity contribution in [1.29, 1.82) is 0 Å². The molecule has 0 unspecified atom stereocenters. The number of ether oxygens (including phenoxy) is 1. The van der Waals surface area contributed by atoms with Crippen molar-refractivity contribution in [2.24, 2.45) is 5.92 Å². The first kappa shape index (κ1) is 17.1. The third-order valence-corrected chi connectivity index (χ3v) is 2.53. The van der Waals surface area contributed by atoms with Gasteiger partial charge in [-0.05, 0) is 25.0 Å². The summed E-state index contributed by atoms with van der Waals surface area (Å²) in [5.74, 6) is -0.224. The second-order valence-electron chi connectivity index (χ2n) is 5.08. The molecule has 21 heavy (non-hydrogen) atoms. The zero-order chi connectivity index (χ0) is 16.0. The van der Waals surface area contributed by atoms with Crippen LogP contribution in [-0.2, 0) is 4.79 Å². The highest BCUT2D eigenvalue weighted by molar-refractivity contribution is 5.84. The van der Waals surface area contributed by atoms with Crippen molar-refractivity contribution in [2.75, 3.05) is 11.9 Å². The van der Waals surface area contributed by atoms with Gasteiger partial charge in [0.15, 0.2) is 0 Å². The SMILES string of the molecule is CC(C)CNC(=O)[C@H](C)Nc1cccc(OC(F)(F)F)c1. The maximum atomic E-state index is 12.1. The summed E-state index contributed by atoms with van der Waals surface area (Å²) < 4.78 is 40.2. The van der Waals surface area contributed by atoms with Crippen LogP contribution in [-0.4, -0.2) is 24.9 Å². The van der Waals surface area contributed by atoms with Crippen LogP contribution >= 0.6 is 0 Å². The maximum Gasteiger partial charge on any atom is 0.573 e. The fourth-order valence-electron chi connectivity index (χ4n) is 1.56. The van der Waals surface area contributed by atoms with Crippen LogP contribution in [0.25, 0.3) is 0 Å². The Kier molecular flexibility index (Phi) is 5.87. The van der Waals surface area contributed by atoms with Crippen LogP contribution in [0.15, 0.2) is 24.3 Å². The standard InChI is InChI=1S/C14H19F3N2O2/c1-9(2)8-18-13(20)10(3)19-11-5-4-6-12(7-11)21-14(15,16)17/h4-7,9-10,19H,8H2,1-3H3,(H,18,20)/t10-/m0/s1. The molecule has 0 heterocycles. The average Bonchev–Trinajstić information content (AvgIpc) is 2.34. The van der Waals surface area contributed by atoms with E-state index in [1.807, 2.05) is 13.8 Å². The van der Waals surface area contributed by atoms with Gasteiger partial charge in [-0.25, -0.2) is 0 Å². The minimum absolute atomic E-state index is 0.217. The Morgan fingerprint density at radius 3 is 2.52 bits per heavy atom. The first-order valence-corrected chi connectivity index (χ1v) is 6.57. The van der Waals surface area contributed by atoms with Crippen LogP contribution < -0.4 is 15.4 Å². The van der Waals surface area contributed by atoms with Crippen molar-refractivity contribution < 1.29 is 22.7 Å². The molecule has 0 aromatic heterocycles. The molecule has 0 aliphatic carbocycles. The number of anilines is 1. The van der Waals surface area contributed by atoms with Gasteiger partial charge in [0.1, 0.15) is 11.8 Å². The fraction of sp³-hybridized carbons (Fsp3) is 0.500. The summed E-state index contributed by atoms with van der Waals surface area (Å²) in [5, 5.41) is 5.57. The third-order valence-electron chi connectivity index (χ3n) is 2.53. The van der Waals surface area contributed by atoms with E-state index >= 15 is 0 Å². The number of hydrogen-bond acceptors (Lipinski definition) is 3. The summed E-state index contributed by atoms with van der Waals surface area (Å²) in [5.41, 5.74) is 0.379. The summed E-state index contributed by atoms with van der Waals surface area (Å²) in [6.07, 6.45) is -4.74. The van der Waals surface area contributed by atoms with Crippen LogP contribution in [0.5, 0.6) is 5.75 Å². The molecule has 1 aromatic rings. The molecule has 1 atom stereocenters. The minimum Gasteiger partial charge on any atom is -0.406 e. The number of alkyl halides is 3. The lowest BCUT2D eigenvalue weighted by Gasteiger charge is -2.17. The fourth-order valence-corrected chi connectivity index (χ4v) is 1.56. The highest BCUT2D eigenvalue weighted by Gasteiger charge is 2.31. The number of nitrogens with one attached hydrogen (secondary N) is 2. The topological polar surface area (TPSA) is 50.4 Å². The van der Waals surface area contributed by atoms with E-state index in [2.05, 4.69) is 15.4 Å². The predicted molar refractivity (Wildman–Crippen MR) is 74.1 cm³/mol. The molecule has 4 nitrogen and oxygen atoms in total. The largest absolute Gasteiger partial charge is 0.573 e. The molecular weight excluding hydrogens is 285 g/mol. The number of benzene rings is 1. The van der Waals surface area contributed by atoms with Gasteiger partial charge >= 0.3 is 6.36 Å². The van der Waals surface area contributed by atoms with Crippen LogP contribution in [0.1, 0.15) is 20.8 Å². The highest BCUT2D eigenvalue weighted by Crippen LogP contribution is 2.25. The van der Waals surface area contributed by atoms with Crippen LogP contribution in [0.4, 0.5) is 18.9 Å². The zero-order valence-corrected chi connectivity index (χ0v) is 12.1. The van der Waals surface area contributed by atoms with Crippen molar-refractivity contribution in [3.63, 3.8) is 0 Å². The molecule has 0 fully saturated rings. The normalized spacial score (nSPS) is 12.9. The monoisotopic (exact) mass is 304 g/mol. The van der Waals surface area contributed by atoms with Gasteiger partial charge in [-0.15, -0.1) is 13.2 Å². The van der Waals surface area contributed by atoms with Gasteiger partial charge in [0.05, 0.1) is 0 Å². The summed E-state index contributed by atoms with van der Waals surface area (Å²) in [4.78, 5) is 11.8. The lowest BCUT2D eigenvalue weighted by molar-refractivity contribution is -0.274. The van der Waals surface area contributed by atoms with Crippen LogP contribution in [0, 0.1) is 5.92 Å². The van der Waals surface area contributed by atoms with E-state index in [-0.39, 0.29) is 11.7 Å². The molecule has 118 valence electrons. The Labute approximate surface area is 121 Å². The van der Waals surface area contributed by atoms with Gasteiger partial charge < -0.3 is 15.4 Å². The van der Waals surface area contributed by atoms with E-state index in [1.54, 1.807) is 13.0 Å². The van der Waals surface area contributed by atoms with E-state index < -0.39 is 12.4 Å². The number of halogens is 3. The van der Waals surface area contributed by atoms with Crippen molar-refractivity contribution >= 4 is 11.6 Å². The lowest BCUT2D eigenvalue weighted by Crippen LogP contribution is -2.39. The van der Waals surface area contributed by atoms with Crippen LogP contribution in [0.3, 0.4) is 0 Å². The molecule has 2 N–H and O–H groups in total. The first-order chi connectivity index (χ1) is 9.67. The lowest BCUT2D eigenvalue weighted by atomic mass is 10.2. The molecule has 1 aromatic carbocycles. The third kappa shape index (κ3) is 6.87. The zero-order valence-electron chi connectivity index (χ0n) is 12.1. The van der Waals surface area contributed by atoms with Gasteiger partial charge in [-0.2, -0.15) is 0 Å². The predicted octanol–water partition coefficient (Wildman–Crippen LogP) is 3.16. The van der Waals surface area contributed by atoms with E-state index in [9.17, 15) is 18.0 Å². The number of amides is 1. The Balaban J connectivity index is 2.62. The molecule has 1 amide bonds. The van der Waals surface area contributed by atoms with Gasteiger partial charge in [0, 0.05) is 18.3 Å². The van der Waals surface area contributed by atoms with Crippen molar-refractivity contribution in [1.82, 2.24) is 5.32 Å². The molecule has 0 saturated carbocycles. The first-order valence-electron chi connectivity index (χ1n) is 6.57. The van der Waals surface area contributed by atoms with E-state index in [0.717, 1.165) is 0 Å². The van der Waals surface area contributed by atoms with Crippen LogP contribution in [0.2, 0.25) is 0 Å². The Bertz CT molecular complexity index is 476. The number of carbonyl (C=O) groups is 1. The molecule has 0 radical (unpaired) electrons. The molecular formula is C14H19F3N2O2. The number of hydrogen-bond donors (Lipinski definition) is 2. The Hall–Kier alpha value is -1.92.